The van der Waals surface area contributed by atoms with Gasteiger partial charge in [0.05, 0.1) is 12.1 Å². The third kappa shape index (κ3) is 4.96. The van der Waals surface area contributed by atoms with Crippen LogP contribution in [0.15, 0.2) is 0 Å². The van der Waals surface area contributed by atoms with Crippen LogP contribution in [0.4, 0.5) is 0 Å². The SMILES string of the molecule is N[C@@H](CCS)C(=O)S(=O)C(=O)[C@@H](N)CCS. The van der Waals surface area contributed by atoms with Gasteiger partial charge in [-0.25, -0.2) is 4.21 Å². The van der Waals surface area contributed by atoms with Crippen LogP contribution in [0.2, 0.25) is 0 Å². The molecule has 0 aliphatic carbocycles. The summed E-state index contributed by atoms with van der Waals surface area (Å²) in [4.78, 5) is 22.9. The fraction of sp³-hybridized carbons (Fsp3) is 0.750. The van der Waals surface area contributed by atoms with Crippen LogP contribution >= 0.6 is 25.3 Å². The molecule has 2 atom stereocenters. The quantitative estimate of drug-likeness (QED) is 0.473. The molecule has 0 saturated heterocycles. The first kappa shape index (κ1) is 16.1. The minimum Gasteiger partial charge on any atom is -0.321 e. The summed E-state index contributed by atoms with van der Waals surface area (Å²) < 4.78 is 11.5. The highest BCUT2D eigenvalue weighted by atomic mass is 32.2. The zero-order valence-electron chi connectivity index (χ0n) is 8.67. The molecule has 0 radical (unpaired) electrons. The number of hydrogen-bond donors (Lipinski definition) is 4. The number of carbonyl (C=O) groups excluding carboxylic acids is 2. The Hall–Kier alpha value is 0.110. The van der Waals surface area contributed by atoms with Gasteiger partial charge in [-0.1, -0.05) is 0 Å². The van der Waals surface area contributed by atoms with E-state index < -0.39 is 33.1 Å². The van der Waals surface area contributed by atoms with Crippen molar-refractivity contribution < 1.29 is 13.8 Å². The Morgan fingerprint density at radius 3 is 1.56 bits per heavy atom. The van der Waals surface area contributed by atoms with Crippen molar-refractivity contribution in [2.75, 3.05) is 11.5 Å². The van der Waals surface area contributed by atoms with Gasteiger partial charge in [0.1, 0.15) is 0 Å². The fourth-order valence-corrected chi connectivity index (χ4v) is 2.43. The lowest BCUT2D eigenvalue weighted by Gasteiger charge is -2.10. The first-order valence-corrected chi connectivity index (χ1v) is 7.09. The van der Waals surface area contributed by atoms with Gasteiger partial charge >= 0.3 is 0 Å². The highest BCUT2D eigenvalue weighted by Crippen LogP contribution is 2.02. The van der Waals surface area contributed by atoms with Crippen LogP contribution in [0.3, 0.4) is 0 Å². The lowest BCUT2D eigenvalue weighted by atomic mass is 10.3. The molecule has 0 aromatic heterocycles. The Morgan fingerprint density at radius 2 is 1.31 bits per heavy atom. The summed E-state index contributed by atoms with van der Waals surface area (Å²) >= 11 is 7.80. The maximum absolute atomic E-state index is 11.5. The molecule has 5 nitrogen and oxygen atoms in total. The van der Waals surface area contributed by atoms with Gasteiger partial charge < -0.3 is 11.5 Å². The molecule has 0 unspecified atom stereocenters. The van der Waals surface area contributed by atoms with E-state index >= 15 is 0 Å². The van der Waals surface area contributed by atoms with Gasteiger partial charge in [0.2, 0.25) is 10.2 Å². The average molecular weight is 284 g/mol. The third-order valence-electron chi connectivity index (χ3n) is 1.85. The molecular formula is C8H16N2O3S3. The zero-order chi connectivity index (χ0) is 12.7. The van der Waals surface area contributed by atoms with Crippen LogP contribution in [0.25, 0.3) is 0 Å². The van der Waals surface area contributed by atoms with Crippen LogP contribution in [-0.4, -0.2) is 38.0 Å². The molecule has 16 heavy (non-hydrogen) atoms. The molecule has 4 N–H and O–H groups in total. The highest BCUT2D eigenvalue weighted by molar-refractivity contribution is 8.13. The number of hydrogen-bond acceptors (Lipinski definition) is 7. The zero-order valence-corrected chi connectivity index (χ0v) is 11.3. The van der Waals surface area contributed by atoms with E-state index in [0.29, 0.717) is 11.5 Å². The van der Waals surface area contributed by atoms with E-state index in [0.717, 1.165) is 0 Å². The fourth-order valence-electron chi connectivity index (χ4n) is 0.888. The van der Waals surface area contributed by atoms with Crippen molar-refractivity contribution in [1.29, 1.82) is 0 Å². The standard InChI is InChI=1S/C8H16N2O3S3/c9-5(1-3-14)7(11)16(13)8(12)6(10)2-4-15/h5-6,14-15H,1-4,9-10H2/t5-,6-/m0/s1. The molecule has 0 spiro atoms. The van der Waals surface area contributed by atoms with E-state index in [1.165, 1.54) is 0 Å². The average Bonchev–Trinajstić information content (AvgIpc) is 2.26. The molecule has 0 aliphatic rings. The Bertz CT molecular complexity index is 260. The lowest BCUT2D eigenvalue weighted by molar-refractivity contribution is -0.115. The highest BCUT2D eigenvalue weighted by Gasteiger charge is 2.29. The molecule has 0 bridgehead atoms. The smallest absolute Gasteiger partial charge is 0.243 e. The molecule has 8 heteroatoms. The van der Waals surface area contributed by atoms with Crippen molar-refractivity contribution in [1.82, 2.24) is 0 Å². The second kappa shape index (κ2) is 8.24. The summed E-state index contributed by atoms with van der Waals surface area (Å²) in [5.41, 5.74) is 10.9. The maximum Gasteiger partial charge on any atom is 0.243 e. The van der Waals surface area contributed by atoms with Crippen LogP contribution < -0.4 is 11.5 Å². The Kier molecular flexibility index (Phi) is 8.29. The molecule has 94 valence electrons. The van der Waals surface area contributed by atoms with E-state index in [2.05, 4.69) is 25.3 Å². The molecule has 0 amide bonds. The number of thiol groups is 2. The molecule has 0 aliphatic heterocycles. The van der Waals surface area contributed by atoms with Gasteiger partial charge in [0.15, 0.2) is 10.8 Å². The molecule has 0 rings (SSSR count). The molecule has 0 aromatic rings. The van der Waals surface area contributed by atoms with E-state index in [-0.39, 0.29) is 12.8 Å². The Balaban J connectivity index is 4.43. The first-order valence-electron chi connectivity index (χ1n) is 4.68. The summed E-state index contributed by atoms with van der Waals surface area (Å²) in [6.45, 7) is 0. The molecule has 0 fully saturated rings. The largest absolute Gasteiger partial charge is 0.321 e. The second-order valence-corrected chi connectivity index (χ2v) is 5.38. The minimum absolute atomic E-state index is 0.281. The van der Waals surface area contributed by atoms with E-state index in [9.17, 15) is 13.8 Å². The number of carbonyl (C=O) groups is 2. The Morgan fingerprint density at radius 1 is 1.00 bits per heavy atom. The topological polar surface area (TPSA) is 103 Å². The van der Waals surface area contributed by atoms with Crippen LogP contribution in [-0.2, 0) is 20.4 Å². The summed E-state index contributed by atoms with van der Waals surface area (Å²) in [6.07, 6.45) is 0.561. The van der Waals surface area contributed by atoms with Crippen molar-refractivity contribution in [2.24, 2.45) is 11.5 Å². The predicted octanol–water partition coefficient (Wildman–Crippen LogP) is -0.917. The van der Waals surface area contributed by atoms with Gasteiger partial charge in [-0.15, -0.1) is 0 Å². The molecule has 0 saturated carbocycles. The van der Waals surface area contributed by atoms with Crippen molar-refractivity contribution in [3.05, 3.63) is 0 Å². The second-order valence-electron chi connectivity index (χ2n) is 3.14. The van der Waals surface area contributed by atoms with Crippen molar-refractivity contribution in [2.45, 2.75) is 24.9 Å². The summed E-state index contributed by atoms with van der Waals surface area (Å²) in [5.74, 6) is 0.780. The molecule has 0 heterocycles. The summed E-state index contributed by atoms with van der Waals surface area (Å²) in [7, 11) is -2.27. The molecular weight excluding hydrogens is 268 g/mol. The van der Waals surface area contributed by atoms with Gasteiger partial charge in [-0.2, -0.15) is 25.3 Å². The van der Waals surface area contributed by atoms with Gasteiger partial charge in [0.25, 0.3) is 0 Å². The first-order chi connectivity index (χ1) is 7.45. The van der Waals surface area contributed by atoms with E-state index in [1.54, 1.807) is 0 Å². The van der Waals surface area contributed by atoms with Crippen LogP contribution in [0.1, 0.15) is 12.8 Å². The predicted molar refractivity (Wildman–Crippen MR) is 71.0 cm³/mol. The van der Waals surface area contributed by atoms with Gasteiger partial charge in [-0.3, -0.25) is 9.59 Å². The third-order valence-corrected chi connectivity index (χ3v) is 3.70. The summed E-state index contributed by atoms with van der Waals surface area (Å²) in [5, 5.41) is -1.57. The summed E-state index contributed by atoms with van der Waals surface area (Å²) in [6, 6.07) is -1.85. The molecule has 0 aromatic carbocycles. The Labute approximate surface area is 108 Å². The number of rotatable bonds is 6. The van der Waals surface area contributed by atoms with Gasteiger partial charge in [-0.05, 0) is 24.3 Å². The van der Waals surface area contributed by atoms with Crippen LogP contribution in [0, 0.1) is 0 Å². The normalized spacial score (nSPS) is 14.8. The maximum atomic E-state index is 11.5. The van der Waals surface area contributed by atoms with Crippen molar-refractivity contribution >= 4 is 46.3 Å². The van der Waals surface area contributed by atoms with Crippen molar-refractivity contribution in [3.8, 4) is 0 Å². The van der Waals surface area contributed by atoms with E-state index in [1.807, 2.05) is 0 Å². The monoisotopic (exact) mass is 284 g/mol. The van der Waals surface area contributed by atoms with Crippen molar-refractivity contribution in [3.63, 3.8) is 0 Å². The minimum atomic E-state index is -2.27. The number of nitrogens with two attached hydrogens (primary N) is 2. The van der Waals surface area contributed by atoms with Crippen LogP contribution in [0.5, 0.6) is 0 Å². The van der Waals surface area contributed by atoms with E-state index in [4.69, 9.17) is 11.5 Å². The lowest BCUT2D eigenvalue weighted by Crippen LogP contribution is -2.41. The van der Waals surface area contributed by atoms with Gasteiger partial charge in [0, 0.05) is 0 Å².